The molecular formula is C16H14N2. The number of nitrogens with one attached hydrogen (secondary N) is 1. The molecule has 0 aliphatic rings. The summed E-state index contributed by atoms with van der Waals surface area (Å²) in [5.74, 6) is 0. The fourth-order valence-electron chi connectivity index (χ4n) is 2.04. The molecule has 88 valence electrons. The van der Waals surface area contributed by atoms with E-state index in [2.05, 4.69) is 59.6 Å². The lowest BCUT2D eigenvalue weighted by Crippen LogP contribution is -1.78. The van der Waals surface area contributed by atoms with Crippen LogP contribution in [0.5, 0.6) is 0 Å². The van der Waals surface area contributed by atoms with Gasteiger partial charge in [0.05, 0.1) is 11.4 Å². The Morgan fingerprint density at radius 1 is 0.833 bits per heavy atom. The normalized spacial score (nSPS) is 10.5. The Bertz CT molecular complexity index is 654. The molecule has 0 aliphatic heterocycles. The van der Waals surface area contributed by atoms with Crippen molar-refractivity contribution >= 4 is 0 Å². The van der Waals surface area contributed by atoms with Gasteiger partial charge in [-0.05, 0) is 24.6 Å². The van der Waals surface area contributed by atoms with E-state index in [4.69, 9.17) is 0 Å². The second-order valence-electron chi connectivity index (χ2n) is 4.40. The van der Waals surface area contributed by atoms with Gasteiger partial charge in [-0.25, -0.2) is 0 Å². The molecular weight excluding hydrogens is 220 g/mol. The van der Waals surface area contributed by atoms with Gasteiger partial charge in [0.25, 0.3) is 0 Å². The summed E-state index contributed by atoms with van der Waals surface area (Å²) in [5, 5.41) is 7.47. The van der Waals surface area contributed by atoms with Crippen molar-refractivity contribution in [2.24, 2.45) is 0 Å². The molecule has 18 heavy (non-hydrogen) atoms. The average Bonchev–Trinajstić information content (AvgIpc) is 2.89. The molecule has 0 saturated carbocycles. The first-order valence-electron chi connectivity index (χ1n) is 6.01. The molecule has 0 radical (unpaired) electrons. The smallest absolute Gasteiger partial charge is 0.0927 e. The highest BCUT2D eigenvalue weighted by molar-refractivity contribution is 5.68. The van der Waals surface area contributed by atoms with Crippen molar-refractivity contribution in [3.05, 3.63) is 66.2 Å². The SMILES string of the molecule is Cc1cccc(-c2cc(-c3ccccc3)[nH]n2)c1. The van der Waals surface area contributed by atoms with Crippen molar-refractivity contribution in [3.63, 3.8) is 0 Å². The summed E-state index contributed by atoms with van der Waals surface area (Å²) in [6.45, 7) is 2.09. The minimum absolute atomic E-state index is 0.984. The van der Waals surface area contributed by atoms with Crippen LogP contribution in [0.2, 0.25) is 0 Å². The summed E-state index contributed by atoms with van der Waals surface area (Å²) in [7, 11) is 0. The van der Waals surface area contributed by atoms with Crippen LogP contribution >= 0.6 is 0 Å². The number of aryl methyl sites for hydroxylation is 1. The third-order valence-electron chi connectivity index (χ3n) is 2.98. The molecule has 1 N–H and O–H groups in total. The molecule has 3 rings (SSSR count). The first-order chi connectivity index (χ1) is 8.83. The molecule has 0 bridgehead atoms. The molecule has 0 spiro atoms. The predicted molar refractivity (Wildman–Crippen MR) is 74.2 cm³/mol. The fourth-order valence-corrected chi connectivity index (χ4v) is 2.04. The van der Waals surface area contributed by atoms with E-state index in [9.17, 15) is 0 Å². The maximum absolute atomic E-state index is 4.38. The van der Waals surface area contributed by atoms with E-state index in [1.165, 1.54) is 5.56 Å². The molecule has 1 aromatic heterocycles. The monoisotopic (exact) mass is 234 g/mol. The summed E-state index contributed by atoms with van der Waals surface area (Å²) in [5.41, 5.74) is 5.58. The molecule has 0 atom stereocenters. The second-order valence-corrected chi connectivity index (χ2v) is 4.40. The highest BCUT2D eigenvalue weighted by Crippen LogP contribution is 2.23. The maximum atomic E-state index is 4.38. The fraction of sp³-hybridized carbons (Fsp3) is 0.0625. The topological polar surface area (TPSA) is 28.7 Å². The average molecular weight is 234 g/mol. The number of H-pyrrole nitrogens is 1. The zero-order chi connectivity index (χ0) is 12.4. The Hall–Kier alpha value is -2.35. The molecule has 2 nitrogen and oxygen atoms in total. The van der Waals surface area contributed by atoms with Gasteiger partial charge in [-0.2, -0.15) is 5.10 Å². The van der Waals surface area contributed by atoms with Gasteiger partial charge in [0, 0.05) is 5.56 Å². The van der Waals surface area contributed by atoms with Crippen LogP contribution in [0.25, 0.3) is 22.5 Å². The Labute approximate surface area is 106 Å². The number of aromatic amines is 1. The van der Waals surface area contributed by atoms with Gasteiger partial charge in [-0.3, -0.25) is 5.10 Å². The van der Waals surface area contributed by atoms with Crippen molar-refractivity contribution in [1.82, 2.24) is 10.2 Å². The van der Waals surface area contributed by atoms with Crippen molar-refractivity contribution in [2.45, 2.75) is 6.92 Å². The van der Waals surface area contributed by atoms with E-state index in [0.717, 1.165) is 22.5 Å². The van der Waals surface area contributed by atoms with Gasteiger partial charge in [-0.1, -0.05) is 54.1 Å². The number of hydrogen-bond acceptors (Lipinski definition) is 1. The van der Waals surface area contributed by atoms with Gasteiger partial charge in [0.15, 0.2) is 0 Å². The molecule has 0 unspecified atom stereocenters. The van der Waals surface area contributed by atoms with Crippen LogP contribution in [0, 0.1) is 6.92 Å². The minimum atomic E-state index is 0.984. The summed E-state index contributed by atoms with van der Waals surface area (Å²) in [6, 6.07) is 20.7. The van der Waals surface area contributed by atoms with Crippen LogP contribution in [-0.4, -0.2) is 10.2 Å². The maximum Gasteiger partial charge on any atom is 0.0927 e. The lowest BCUT2D eigenvalue weighted by atomic mass is 10.1. The predicted octanol–water partition coefficient (Wildman–Crippen LogP) is 4.05. The molecule has 3 aromatic rings. The Morgan fingerprint density at radius 2 is 1.61 bits per heavy atom. The van der Waals surface area contributed by atoms with Crippen LogP contribution < -0.4 is 0 Å². The highest BCUT2D eigenvalue weighted by atomic mass is 15.1. The molecule has 2 aromatic carbocycles. The Kier molecular flexibility index (Phi) is 2.69. The van der Waals surface area contributed by atoms with Crippen molar-refractivity contribution in [1.29, 1.82) is 0 Å². The first-order valence-corrected chi connectivity index (χ1v) is 6.01. The van der Waals surface area contributed by atoms with E-state index in [-0.39, 0.29) is 0 Å². The summed E-state index contributed by atoms with van der Waals surface area (Å²) < 4.78 is 0. The van der Waals surface area contributed by atoms with Gasteiger partial charge in [0.1, 0.15) is 0 Å². The number of benzene rings is 2. The lowest BCUT2D eigenvalue weighted by Gasteiger charge is -1.97. The van der Waals surface area contributed by atoms with E-state index in [0.29, 0.717) is 0 Å². The zero-order valence-electron chi connectivity index (χ0n) is 10.2. The summed E-state index contributed by atoms with van der Waals surface area (Å²) in [6.07, 6.45) is 0. The molecule has 0 fully saturated rings. The molecule has 1 heterocycles. The van der Waals surface area contributed by atoms with E-state index in [1.54, 1.807) is 0 Å². The quantitative estimate of drug-likeness (QED) is 0.712. The van der Waals surface area contributed by atoms with E-state index in [1.807, 2.05) is 18.2 Å². The largest absolute Gasteiger partial charge is 0.277 e. The van der Waals surface area contributed by atoms with Crippen LogP contribution in [0.3, 0.4) is 0 Å². The summed E-state index contributed by atoms with van der Waals surface area (Å²) >= 11 is 0. The van der Waals surface area contributed by atoms with Gasteiger partial charge in [-0.15, -0.1) is 0 Å². The third-order valence-corrected chi connectivity index (χ3v) is 2.98. The van der Waals surface area contributed by atoms with Crippen LogP contribution in [0.1, 0.15) is 5.56 Å². The van der Waals surface area contributed by atoms with E-state index < -0.39 is 0 Å². The third kappa shape index (κ3) is 2.05. The summed E-state index contributed by atoms with van der Waals surface area (Å²) in [4.78, 5) is 0. The number of nitrogens with zero attached hydrogens (tertiary/aromatic N) is 1. The van der Waals surface area contributed by atoms with Crippen molar-refractivity contribution in [2.75, 3.05) is 0 Å². The number of hydrogen-bond donors (Lipinski definition) is 1. The zero-order valence-corrected chi connectivity index (χ0v) is 10.2. The Balaban J connectivity index is 2.00. The molecule has 0 aliphatic carbocycles. The standard InChI is InChI=1S/C16H14N2/c1-12-6-5-9-14(10-12)16-11-15(17-18-16)13-7-3-2-4-8-13/h2-11H,1H3,(H,17,18). The first kappa shape index (κ1) is 10.8. The lowest BCUT2D eigenvalue weighted by molar-refractivity contribution is 1.10. The second kappa shape index (κ2) is 4.49. The molecule has 2 heteroatoms. The highest BCUT2D eigenvalue weighted by Gasteiger charge is 2.05. The van der Waals surface area contributed by atoms with Crippen molar-refractivity contribution < 1.29 is 0 Å². The van der Waals surface area contributed by atoms with Crippen LogP contribution in [0.4, 0.5) is 0 Å². The van der Waals surface area contributed by atoms with Crippen molar-refractivity contribution in [3.8, 4) is 22.5 Å². The Morgan fingerprint density at radius 3 is 2.39 bits per heavy atom. The minimum Gasteiger partial charge on any atom is -0.277 e. The van der Waals surface area contributed by atoms with Gasteiger partial charge in [0.2, 0.25) is 0 Å². The molecule has 0 saturated heterocycles. The van der Waals surface area contributed by atoms with E-state index >= 15 is 0 Å². The number of rotatable bonds is 2. The van der Waals surface area contributed by atoms with Gasteiger partial charge < -0.3 is 0 Å². The van der Waals surface area contributed by atoms with Crippen LogP contribution in [-0.2, 0) is 0 Å². The van der Waals surface area contributed by atoms with Crippen LogP contribution in [0.15, 0.2) is 60.7 Å². The van der Waals surface area contributed by atoms with Gasteiger partial charge >= 0.3 is 0 Å². The molecule has 0 amide bonds. The number of aromatic nitrogens is 2.